The van der Waals surface area contributed by atoms with Gasteiger partial charge < -0.3 is 15.4 Å². The van der Waals surface area contributed by atoms with Crippen LogP contribution in [-0.2, 0) is 4.74 Å². The molecule has 4 heteroatoms. The summed E-state index contributed by atoms with van der Waals surface area (Å²) in [7, 11) is 1.60. The SMILES string of the molecule is CCC(C)CCOCCNC(=O)NC. The lowest BCUT2D eigenvalue weighted by molar-refractivity contribution is 0.124. The second kappa shape index (κ2) is 8.81. The molecule has 0 radical (unpaired) electrons. The molecule has 0 saturated heterocycles. The number of carbonyl (C=O) groups is 1. The van der Waals surface area contributed by atoms with Gasteiger partial charge in [-0.3, -0.25) is 0 Å². The van der Waals surface area contributed by atoms with E-state index in [1.54, 1.807) is 7.05 Å². The summed E-state index contributed by atoms with van der Waals surface area (Å²) < 4.78 is 5.36. The summed E-state index contributed by atoms with van der Waals surface area (Å²) in [6.07, 6.45) is 2.29. The van der Waals surface area contributed by atoms with Gasteiger partial charge in [-0.05, 0) is 12.3 Å². The van der Waals surface area contributed by atoms with E-state index in [0.29, 0.717) is 13.2 Å². The maximum atomic E-state index is 10.7. The fraction of sp³-hybridized carbons (Fsp3) is 0.900. The summed E-state index contributed by atoms with van der Waals surface area (Å²) in [5.41, 5.74) is 0. The Morgan fingerprint density at radius 1 is 1.43 bits per heavy atom. The van der Waals surface area contributed by atoms with Crippen molar-refractivity contribution in [2.45, 2.75) is 26.7 Å². The zero-order valence-electron chi connectivity index (χ0n) is 9.43. The van der Waals surface area contributed by atoms with E-state index in [0.717, 1.165) is 18.9 Å². The van der Waals surface area contributed by atoms with Crippen molar-refractivity contribution in [3.8, 4) is 0 Å². The van der Waals surface area contributed by atoms with Crippen molar-refractivity contribution in [1.82, 2.24) is 10.6 Å². The van der Waals surface area contributed by atoms with Gasteiger partial charge in [-0.25, -0.2) is 4.79 Å². The van der Waals surface area contributed by atoms with E-state index in [2.05, 4.69) is 24.5 Å². The van der Waals surface area contributed by atoms with Gasteiger partial charge in [0, 0.05) is 20.2 Å². The monoisotopic (exact) mass is 202 g/mol. The molecule has 14 heavy (non-hydrogen) atoms. The summed E-state index contributed by atoms with van der Waals surface area (Å²) in [4.78, 5) is 10.7. The molecule has 0 aliphatic rings. The molecule has 1 unspecified atom stereocenters. The molecule has 4 nitrogen and oxygen atoms in total. The van der Waals surface area contributed by atoms with Crippen molar-refractivity contribution in [2.24, 2.45) is 5.92 Å². The van der Waals surface area contributed by atoms with Gasteiger partial charge in [-0.15, -0.1) is 0 Å². The molecule has 2 N–H and O–H groups in total. The lowest BCUT2D eigenvalue weighted by Gasteiger charge is -2.09. The third-order valence-electron chi connectivity index (χ3n) is 2.21. The minimum Gasteiger partial charge on any atom is -0.380 e. The molecule has 0 aromatic heterocycles. The number of rotatable bonds is 7. The molecule has 0 saturated carbocycles. The third-order valence-corrected chi connectivity index (χ3v) is 2.21. The molecule has 0 aromatic rings. The van der Waals surface area contributed by atoms with Crippen LogP contribution in [-0.4, -0.2) is 32.8 Å². The van der Waals surface area contributed by atoms with Gasteiger partial charge in [0.25, 0.3) is 0 Å². The highest BCUT2D eigenvalue weighted by molar-refractivity contribution is 5.73. The first-order valence-corrected chi connectivity index (χ1v) is 5.24. The van der Waals surface area contributed by atoms with Crippen LogP contribution in [0.1, 0.15) is 26.7 Å². The van der Waals surface area contributed by atoms with E-state index in [4.69, 9.17) is 4.74 Å². The van der Waals surface area contributed by atoms with Gasteiger partial charge >= 0.3 is 6.03 Å². The maximum Gasteiger partial charge on any atom is 0.314 e. The molecule has 0 spiro atoms. The maximum absolute atomic E-state index is 10.7. The summed E-state index contributed by atoms with van der Waals surface area (Å²) in [5.74, 6) is 0.724. The van der Waals surface area contributed by atoms with E-state index in [1.807, 2.05) is 0 Å². The van der Waals surface area contributed by atoms with Crippen LogP contribution >= 0.6 is 0 Å². The van der Waals surface area contributed by atoms with Gasteiger partial charge in [-0.1, -0.05) is 20.3 Å². The van der Waals surface area contributed by atoms with Crippen molar-refractivity contribution >= 4 is 6.03 Å². The molecule has 0 aliphatic carbocycles. The zero-order chi connectivity index (χ0) is 10.8. The topological polar surface area (TPSA) is 50.4 Å². The van der Waals surface area contributed by atoms with Crippen molar-refractivity contribution in [3.05, 3.63) is 0 Å². The first-order valence-electron chi connectivity index (χ1n) is 5.24. The number of nitrogens with one attached hydrogen (secondary N) is 2. The van der Waals surface area contributed by atoms with E-state index >= 15 is 0 Å². The van der Waals surface area contributed by atoms with Crippen LogP contribution in [0.25, 0.3) is 0 Å². The molecule has 0 bridgehead atoms. The smallest absolute Gasteiger partial charge is 0.314 e. The van der Waals surface area contributed by atoms with Crippen LogP contribution in [0.5, 0.6) is 0 Å². The molecule has 84 valence electrons. The Labute approximate surface area is 86.4 Å². The number of ether oxygens (including phenoxy) is 1. The van der Waals surface area contributed by atoms with Crippen LogP contribution in [0.15, 0.2) is 0 Å². The Morgan fingerprint density at radius 2 is 2.14 bits per heavy atom. The van der Waals surface area contributed by atoms with Crippen molar-refractivity contribution in [1.29, 1.82) is 0 Å². The van der Waals surface area contributed by atoms with Crippen LogP contribution < -0.4 is 10.6 Å². The average molecular weight is 202 g/mol. The number of carbonyl (C=O) groups excluding carboxylic acids is 1. The van der Waals surface area contributed by atoms with Crippen LogP contribution in [0.4, 0.5) is 4.79 Å². The highest BCUT2D eigenvalue weighted by Crippen LogP contribution is 2.05. The highest BCUT2D eigenvalue weighted by Gasteiger charge is 1.98. The fourth-order valence-corrected chi connectivity index (χ4v) is 0.916. The number of urea groups is 1. The molecule has 0 rings (SSSR count). The summed E-state index contributed by atoms with van der Waals surface area (Å²) in [5, 5.41) is 5.14. The van der Waals surface area contributed by atoms with Gasteiger partial charge in [0.2, 0.25) is 0 Å². The number of hydrogen-bond acceptors (Lipinski definition) is 2. The van der Waals surface area contributed by atoms with Crippen molar-refractivity contribution < 1.29 is 9.53 Å². The van der Waals surface area contributed by atoms with Crippen molar-refractivity contribution in [3.63, 3.8) is 0 Å². The first-order chi connectivity index (χ1) is 6.70. The molecular formula is C10H22N2O2. The second-order valence-electron chi connectivity index (χ2n) is 3.42. The number of amides is 2. The van der Waals surface area contributed by atoms with E-state index in [1.165, 1.54) is 6.42 Å². The fourth-order valence-electron chi connectivity index (χ4n) is 0.916. The molecule has 0 heterocycles. The molecule has 2 amide bonds. The Hall–Kier alpha value is -0.770. The van der Waals surface area contributed by atoms with Crippen LogP contribution in [0, 0.1) is 5.92 Å². The largest absolute Gasteiger partial charge is 0.380 e. The van der Waals surface area contributed by atoms with Gasteiger partial charge in [-0.2, -0.15) is 0 Å². The van der Waals surface area contributed by atoms with Crippen LogP contribution in [0.2, 0.25) is 0 Å². The normalized spacial score (nSPS) is 12.2. The quantitative estimate of drug-likeness (QED) is 0.613. The Balaban J connectivity index is 3.10. The molecule has 0 fully saturated rings. The van der Waals surface area contributed by atoms with E-state index < -0.39 is 0 Å². The van der Waals surface area contributed by atoms with Gasteiger partial charge in [0.05, 0.1) is 6.61 Å². The average Bonchev–Trinajstić information content (AvgIpc) is 2.22. The minimum atomic E-state index is -0.157. The summed E-state index contributed by atoms with van der Waals surface area (Å²) >= 11 is 0. The first kappa shape index (κ1) is 13.2. The lowest BCUT2D eigenvalue weighted by Crippen LogP contribution is -2.34. The summed E-state index contributed by atoms with van der Waals surface area (Å²) in [6.45, 7) is 6.33. The highest BCUT2D eigenvalue weighted by atomic mass is 16.5. The number of hydrogen-bond donors (Lipinski definition) is 2. The predicted octanol–water partition coefficient (Wildman–Crippen LogP) is 1.37. The lowest BCUT2D eigenvalue weighted by atomic mass is 10.1. The Kier molecular flexibility index (Phi) is 8.33. The zero-order valence-corrected chi connectivity index (χ0v) is 9.43. The van der Waals surface area contributed by atoms with E-state index in [9.17, 15) is 4.79 Å². The van der Waals surface area contributed by atoms with E-state index in [-0.39, 0.29) is 6.03 Å². The third kappa shape index (κ3) is 7.86. The molecular weight excluding hydrogens is 180 g/mol. The Bertz CT molecular complexity index is 151. The van der Waals surface area contributed by atoms with Crippen LogP contribution in [0.3, 0.4) is 0 Å². The molecule has 0 aromatic carbocycles. The molecule has 0 aliphatic heterocycles. The Morgan fingerprint density at radius 3 is 2.71 bits per heavy atom. The molecule has 1 atom stereocenters. The minimum absolute atomic E-state index is 0.157. The van der Waals surface area contributed by atoms with Crippen molar-refractivity contribution in [2.75, 3.05) is 26.8 Å². The second-order valence-corrected chi connectivity index (χ2v) is 3.42. The van der Waals surface area contributed by atoms with Gasteiger partial charge in [0.15, 0.2) is 0 Å². The van der Waals surface area contributed by atoms with Gasteiger partial charge in [0.1, 0.15) is 0 Å². The predicted molar refractivity (Wildman–Crippen MR) is 57.3 cm³/mol. The standard InChI is InChI=1S/C10H22N2O2/c1-4-9(2)5-7-14-8-6-12-10(13)11-3/h9H,4-8H2,1-3H3,(H2,11,12,13). The summed E-state index contributed by atoms with van der Waals surface area (Å²) in [6, 6.07) is -0.157.